The van der Waals surface area contributed by atoms with Crippen molar-refractivity contribution < 1.29 is 9.53 Å². The molecule has 0 radical (unpaired) electrons. The molecule has 0 saturated carbocycles. The van der Waals surface area contributed by atoms with Crippen molar-refractivity contribution in [2.75, 3.05) is 23.5 Å². The van der Waals surface area contributed by atoms with E-state index in [0.29, 0.717) is 13.0 Å². The fraction of sp³-hybridized carbons (Fsp3) is 0.273. The highest BCUT2D eigenvalue weighted by molar-refractivity contribution is 7.99. The van der Waals surface area contributed by atoms with E-state index in [2.05, 4.69) is 15.5 Å². The lowest BCUT2D eigenvalue weighted by molar-refractivity contribution is -0.113. The second-order valence-corrected chi connectivity index (χ2v) is 7.65. The number of hydrogen-bond donors (Lipinski definition) is 2. The minimum absolute atomic E-state index is 0.0571. The third-order valence-corrected chi connectivity index (χ3v) is 5.48. The van der Waals surface area contributed by atoms with Crippen molar-refractivity contribution in [2.24, 2.45) is 0 Å². The third kappa shape index (κ3) is 5.85. The zero-order valence-corrected chi connectivity index (χ0v) is 18.3. The molecule has 1 amide bonds. The molecule has 0 spiro atoms. The van der Waals surface area contributed by atoms with Gasteiger partial charge in [-0.25, -0.2) is 0 Å². The number of ether oxygens (including phenoxy) is 1. The maximum atomic E-state index is 12.6. The first-order valence-corrected chi connectivity index (χ1v) is 11.0. The number of carbonyl (C=O) groups excluding carboxylic acids is 1. The van der Waals surface area contributed by atoms with E-state index in [0.717, 1.165) is 45.4 Å². The Labute approximate surface area is 184 Å². The fourth-order valence-electron chi connectivity index (χ4n) is 2.96. The third-order valence-electron chi connectivity index (χ3n) is 4.54. The molecule has 162 valence electrons. The summed E-state index contributed by atoms with van der Waals surface area (Å²) in [6.45, 7) is 4.53. The predicted molar refractivity (Wildman–Crippen MR) is 122 cm³/mol. The number of amides is 1. The highest BCUT2D eigenvalue weighted by atomic mass is 32.2. The number of aromatic nitrogens is 3. The van der Waals surface area contributed by atoms with E-state index in [4.69, 9.17) is 10.6 Å². The zero-order chi connectivity index (χ0) is 22.2. The molecule has 0 aliphatic rings. The van der Waals surface area contributed by atoms with Gasteiger partial charge >= 0.3 is 0 Å². The van der Waals surface area contributed by atoms with Gasteiger partial charge in [0.1, 0.15) is 11.4 Å². The lowest BCUT2D eigenvalue weighted by Gasteiger charge is -2.10. The second-order valence-electron chi connectivity index (χ2n) is 6.71. The molecule has 9 heteroatoms. The van der Waals surface area contributed by atoms with Crippen LogP contribution in [0.3, 0.4) is 0 Å². The molecule has 8 nitrogen and oxygen atoms in total. The Bertz CT molecular complexity index is 1100. The number of anilines is 1. The zero-order valence-electron chi connectivity index (χ0n) is 17.5. The average Bonchev–Trinajstić information content (AvgIpc) is 2.78. The summed E-state index contributed by atoms with van der Waals surface area (Å²) in [6.07, 6.45) is 1.11. The number of hydrogen-bond acceptors (Lipinski definition) is 7. The van der Waals surface area contributed by atoms with Gasteiger partial charge in [0, 0.05) is 12.1 Å². The molecule has 3 N–H and O–H groups in total. The van der Waals surface area contributed by atoms with Crippen LogP contribution in [0.4, 0.5) is 5.69 Å². The van der Waals surface area contributed by atoms with Gasteiger partial charge in [-0.05, 0) is 42.7 Å². The van der Waals surface area contributed by atoms with Crippen LogP contribution in [0, 0.1) is 0 Å². The number of benzene rings is 2. The van der Waals surface area contributed by atoms with Gasteiger partial charge in [0.25, 0.3) is 5.56 Å². The van der Waals surface area contributed by atoms with Crippen LogP contribution in [-0.4, -0.2) is 33.1 Å². The largest absolute Gasteiger partial charge is 0.494 e. The van der Waals surface area contributed by atoms with Crippen LogP contribution < -0.4 is 21.5 Å². The van der Waals surface area contributed by atoms with E-state index < -0.39 is 5.56 Å². The van der Waals surface area contributed by atoms with Crippen molar-refractivity contribution in [1.29, 1.82) is 0 Å². The molecule has 3 aromatic rings. The van der Waals surface area contributed by atoms with Gasteiger partial charge in [-0.15, -0.1) is 10.2 Å². The van der Waals surface area contributed by atoms with Gasteiger partial charge in [0.2, 0.25) is 11.1 Å². The fourth-order valence-corrected chi connectivity index (χ4v) is 3.61. The van der Waals surface area contributed by atoms with Gasteiger partial charge in [0.05, 0.1) is 12.4 Å². The van der Waals surface area contributed by atoms with E-state index in [1.807, 2.05) is 62.4 Å². The number of carbonyl (C=O) groups is 1. The monoisotopic (exact) mass is 439 g/mol. The molecule has 31 heavy (non-hydrogen) atoms. The smallest absolute Gasteiger partial charge is 0.294 e. The van der Waals surface area contributed by atoms with E-state index in [1.54, 1.807) is 0 Å². The number of nitrogens with one attached hydrogen (secondary N) is 1. The summed E-state index contributed by atoms with van der Waals surface area (Å²) in [4.78, 5) is 24.9. The Morgan fingerprint density at radius 1 is 1.13 bits per heavy atom. The predicted octanol–water partition coefficient (Wildman–Crippen LogP) is 2.63. The lowest BCUT2D eigenvalue weighted by Crippen LogP contribution is -2.34. The summed E-state index contributed by atoms with van der Waals surface area (Å²) < 4.78 is 6.36. The van der Waals surface area contributed by atoms with Crippen LogP contribution in [0.25, 0.3) is 0 Å². The van der Waals surface area contributed by atoms with Crippen molar-refractivity contribution in [3.63, 3.8) is 0 Å². The summed E-state index contributed by atoms with van der Waals surface area (Å²) in [6, 6.07) is 15.0. The quantitative estimate of drug-likeness (QED) is 0.389. The molecule has 3 rings (SSSR count). The van der Waals surface area contributed by atoms with E-state index >= 15 is 0 Å². The van der Waals surface area contributed by atoms with Crippen LogP contribution in [0.5, 0.6) is 5.75 Å². The number of nitrogen functional groups attached to an aromatic ring is 1. The number of para-hydroxylation sites is 1. The lowest BCUT2D eigenvalue weighted by atomic mass is 10.1. The van der Waals surface area contributed by atoms with Crippen LogP contribution in [0.15, 0.2) is 58.5 Å². The molecule has 0 bridgehead atoms. The molecule has 0 atom stereocenters. The highest BCUT2D eigenvalue weighted by Crippen LogP contribution is 2.18. The van der Waals surface area contributed by atoms with Crippen LogP contribution >= 0.6 is 11.8 Å². The Morgan fingerprint density at radius 3 is 2.58 bits per heavy atom. The van der Waals surface area contributed by atoms with Gasteiger partial charge in [-0.1, -0.05) is 49.0 Å². The molecular formula is C22H25N5O3S. The first kappa shape index (κ1) is 22.4. The van der Waals surface area contributed by atoms with Crippen molar-refractivity contribution in [3.05, 3.63) is 75.7 Å². The molecule has 0 aliphatic carbocycles. The van der Waals surface area contributed by atoms with Gasteiger partial charge in [-0.3, -0.25) is 9.59 Å². The van der Waals surface area contributed by atoms with Gasteiger partial charge in [0.15, 0.2) is 0 Å². The number of rotatable bonds is 9. The number of nitrogens with zero attached hydrogens (tertiary/aromatic N) is 3. The van der Waals surface area contributed by atoms with Crippen molar-refractivity contribution in [2.45, 2.75) is 31.8 Å². The Hall–Kier alpha value is -3.33. The summed E-state index contributed by atoms with van der Waals surface area (Å²) in [5.74, 6) is 6.53. The summed E-state index contributed by atoms with van der Waals surface area (Å²) >= 11 is 1.06. The van der Waals surface area contributed by atoms with Gasteiger partial charge < -0.3 is 15.9 Å². The Kier molecular flexibility index (Phi) is 7.66. The molecule has 2 aromatic carbocycles. The van der Waals surface area contributed by atoms with E-state index in [9.17, 15) is 9.59 Å². The SMILES string of the molecule is CCOc1ccc(Cc2nnc(SCC(=O)Nc3ccccc3CC)n(N)c2=O)cc1. The van der Waals surface area contributed by atoms with E-state index in [1.165, 1.54) is 0 Å². The average molecular weight is 440 g/mol. The molecule has 0 saturated heterocycles. The molecular weight excluding hydrogens is 414 g/mol. The van der Waals surface area contributed by atoms with E-state index in [-0.39, 0.29) is 22.5 Å². The number of thioether (sulfide) groups is 1. The summed E-state index contributed by atoms with van der Waals surface area (Å²) in [7, 11) is 0. The second kappa shape index (κ2) is 10.6. The van der Waals surface area contributed by atoms with Crippen LogP contribution in [0.1, 0.15) is 30.7 Å². The van der Waals surface area contributed by atoms with Crippen LogP contribution in [-0.2, 0) is 17.6 Å². The molecule has 0 aliphatic heterocycles. The maximum absolute atomic E-state index is 12.6. The molecule has 0 unspecified atom stereocenters. The minimum Gasteiger partial charge on any atom is -0.494 e. The summed E-state index contributed by atoms with van der Waals surface area (Å²) in [5, 5.41) is 11.1. The van der Waals surface area contributed by atoms with Crippen molar-refractivity contribution in [3.8, 4) is 5.75 Å². The number of nitrogens with two attached hydrogens (primary N) is 1. The first-order chi connectivity index (χ1) is 15.0. The minimum atomic E-state index is -0.442. The normalized spacial score (nSPS) is 10.6. The Morgan fingerprint density at radius 2 is 1.87 bits per heavy atom. The topological polar surface area (TPSA) is 112 Å². The number of aryl methyl sites for hydroxylation is 1. The van der Waals surface area contributed by atoms with Crippen molar-refractivity contribution in [1.82, 2.24) is 14.9 Å². The van der Waals surface area contributed by atoms with Gasteiger partial charge in [-0.2, -0.15) is 4.68 Å². The Balaban J connectivity index is 1.63. The first-order valence-electron chi connectivity index (χ1n) is 9.97. The molecule has 1 heterocycles. The maximum Gasteiger partial charge on any atom is 0.294 e. The highest BCUT2D eigenvalue weighted by Gasteiger charge is 2.14. The van der Waals surface area contributed by atoms with Crippen molar-refractivity contribution >= 4 is 23.4 Å². The standard InChI is InChI=1S/C22H25N5O3S/c1-3-16-7-5-6-8-18(16)24-20(28)14-31-22-26-25-19(21(29)27(22)23)13-15-9-11-17(12-10-15)30-4-2/h5-12H,3-4,13-14,23H2,1-2H3,(H,24,28). The van der Waals surface area contributed by atoms with Crippen LogP contribution in [0.2, 0.25) is 0 Å². The molecule has 1 aromatic heterocycles. The summed E-state index contributed by atoms with van der Waals surface area (Å²) in [5.41, 5.74) is 2.51. The molecule has 0 fully saturated rings.